The van der Waals surface area contributed by atoms with Crippen LogP contribution in [0, 0.1) is 17.1 Å². The van der Waals surface area contributed by atoms with Crippen molar-refractivity contribution in [3.8, 4) is 6.07 Å². The molecule has 0 aliphatic rings. The molecule has 1 rings (SSSR count). The number of nitrogens with zero attached hydrogens (tertiary/aromatic N) is 1. The Labute approximate surface area is 79.0 Å². The van der Waals surface area contributed by atoms with E-state index < -0.39 is 0 Å². The standard InChI is InChI=1S/C9H7BrFN/c1-2-6-3-8(10)9(11)4-7(6)5-12/h3-4H,2H2,1H3. The summed E-state index contributed by atoms with van der Waals surface area (Å²) >= 11 is 3.07. The first-order chi connectivity index (χ1) is 5.69. The Balaban J connectivity index is 3.31. The van der Waals surface area contributed by atoms with Gasteiger partial charge >= 0.3 is 0 Å². The first-order valence-corrected chi connectivity index (χ1v) is 4.36. The Hall–Kier alpha value is -0.880. The lowest BCUT2D eigenvalue weighted by Crippen LogP contribution is -1.90. The summed E-state index contributed by atoms with van der Waals surface area (Å²) in [6.45, 7) is 1.93. The van der Waals surface area contributed by atoms with Crippen molar-refractivity contribution in [2.24, 2.45) is 0 Å². The third-order valence-corrected chi connectivity index (χ3v) is 2.26. The second-order valence-corrected chi connectivity index (χ2v) is 3.24. The number of hydrogen-bond acceptors (Lipinski definition) is 1. The molecular weight excluding hydrogens is 221 g/mol. The number of hydrogen-bond donors (Lipinski definition) is 0. The maximum absolute atomic E-state index is 12.9. The first-order valence-electron chi connectivity index (χ1n) is 3.57. The summed E-state index contributed by atoms with van der Waals surface area (Å²) in [6.07, 6.45) is 0.738. The molecular formula is C9H7BrFN. The summed E-state index contributed by atoms with van der Waals surface area (Å²) in [5, 5.41) is 8.63. The molecule has 3 heteroatoms. The van der Waals surface area contributed by atoms with Gasteiger partial charge in [0.25, 0.3) is 0 Å². The first kappa shape index (κ1) is 9.21. The van der Waals surface area contributed by atoms with Gasteiger partial charge in [-0.25, -0.2) is 4.39 Å². The van der Waals surface area contributed by atoms with Crippen molar-refractivity contribution >= 4 is 15.9 Å². The van der Waals surface area contributed by atoms with Crippen LogP contribution in [0.5, 0.6) is 0 Å². The van der Waals surface area contributed by atoms with Gasteiger partial charge in [0.1, 0.15) is 5.82 Å². The molecule has 0 radical (unpaired) electrons. The van der Waals surface area contributed by atoms with Gasteiger partial charge in [-0.1, -0.05) is 6.92 Å². The molecule has 0 heterocycles. The molecule has 0 aliphatic heterocycles. The van der Waals surface area contributed by atoms with Gasteiger partial charge in [-0.05, 0) is 40.0 Å². The lowest BCUT2D eigenvalue weighted by Gasteiger charge is -2.01. The molecule has 0 aliphatic carbocycles. The Kier molecular flexibility index (Phi) is 2.83. The van der Waals surface area contributed by atoms with E-state index in [1.807, 2.05) is 13.0 Å². The molecule has 0 unspecified atom stereocenters. The van der Waals surface area contributed by atoms with Crippen molar-refractivity contribution in [3.63, 3.8) is 0 Å². The van der Waals surface area contributed by atoms with Gasteiger partial charge in [-0.2, -0.15) is 5.26 Å². The molecule has 1 nitrogen and oxygen atoms in total. The van der Waals surface area contributed by atoms with Crippen LogP contribution in [0.15, 0.2) is 16.6 Å². The molecule has 1 aromatic rings. The molecule has 0 spiro atoms. The highest BCUT2D eigenvalue weighted by atomic mass is 79.9. The molecule has 0 saturated heterocycles. The van der Waals surface area contributed by atoms with Gasteiger partial charge in [-0.15, -0.1) is 0 Å². The van der Waals surface area contributed by atoms with Gasteiger partial charge in [0.15, 0.2) is 0 Å². The summed E-state index contributed by atoms with van der Waals surface area (Å²) in [7, 11) is 0. The fraction of sp³-hybridized carbons (Fsp3) is 0.222. The smallest absolute Gasteiger partial charge is 0.138 e. The third-order valence-electron chi connectivity index (χ3n) is 1.65. The normalized spacial score (nSPS) is 9.50. The van der Waals surface area contributed by atoms with Crippen LogP contribution in [0.25, 0.3) is 0 Å². The summed E-state index contributed by atoms with van der Waals surface area (Å²) in [6, 6.07) is 4.85. The highest BCUT2D eigenvalue weighted by Crippen LogP contribution is 2.20. The fourth-order valence-corrected chi connectivity index (χ4v) is 1.38. The highest BCUT2D eigenvalue weighted by Gasteiger charge is 2.05. The Morgan fingerprint density at radius 2 is 2.25 bits per heavy atom. The second-order valence-electron chi connectivity index (χ2n) is 2.39. The molecule has 0 N–H and O–H groups in total. The van der Waals surface area contributed by atoms with Crippen molar-refractivity contribution in [2.45, 2.75) is 13.3 Å². The van der Waals surface area contributed by atoms with E-state index in [2.05, 4.69) is 15.9 Å². The number of halogens is 2. The average molecular weight is 228 g/mol. The predicted octanol–water partition coefficient (Wildman–Crippen LogP) is 3.02. The minimum Gasteiger partial charge on any atom is -0.206 e. The average Bonchev–Trinajstić information content (AvgIpc) is 2.09. The molecule has 0 saturated carbocycles. The zero-order chi connectivity index (χ0) is 9.14. The van der Waals surface area contributed by atoms with Crippen molar-refractivity contribution < 1.29 is 4.39 Å². The lowest BCUT2D eigenvalue weighted by atomic mass is 10.1. The molecule has 0 aromatic heterocycles. The van der Waals surface area contributed by atoms with Crippen LogP contribution in [0.4, 0.5) is 4.39 Å². The predicted molar refractivity (Wildman–Crippen MR) is 48.2 cm³/mol. The lowest BCUT2D eigenvalue weighted by molar-refractivity contribution is 0.619. The van der Waals surface area contributed by atoms with Crippen LogP contribution in [-0.2, 0) is 6.42 Å². The summed E-state index contributed by atoms with van der Waals surface area (Å²) in [4.78, 5) is 0. The van der Waals surface area contributed by atoms with E-state index in [0.717, 1.165) is 12.0 Å². The van der Waals surface area contributed by atoms with Gasteiger partial charge in [0, 0.05) is 0 Å². The quantitative estimate of drug-likeness (QED) is 0.724. The van der Waals surface area contributed by atoms with Crippen LogP contribution < -0.4 is 0 Å². The van der Waals surface area contributed by atoms with Gasteiger partial charge in [0.05, 0.1) is 16.1 Å². The van der Waals surface area contributed by atoms with Crippen molar-refractivity contribution in [1.82, 2.24) is 0 Å². The Bertz CT molecular complexity index is 341. The maximum atomic E-state index is 12.9. The Morgan fingerprint density at radius 1 is 1.58 bits per heavy atom. The molecule has 0 amide bonds. The minimum absolute atomic E-state index is 0.385. The number of benzene rings is 1. The monoisotopic (exact) mass is 227 g/mol. The van der Waals surface area contributed by atoms with E-state index in [0.29, 0.717) is 10.0 Å². The van der Waals surface area contributed by atoms with Crippen molar-refractivity contribution in [1.29, 1.82) is 5.26 Å². The minimum atomic E-state index is -0.385. The number of nitriles is 1. The second kappa shape index (κ2) is 3.68. The summed E-state index contributed by atoms with van der Waals surface area (Å²) < 4.78 is 13.3. The van der Waals surface area contributed by atoms with E-state index in [1.54, 1.807) is 6.07 Å². The zero-order valence-electron chi connectivity index (χ0n) is 6.56. The topological polar surface area (TPSA) is 23.8 Å². The summed E-state index contributed by atoms with van der Waals surface area (Å²) in [5.41, 5.74) is 1.28. The number of rotatable bonds is 1. The van der Waals surface area contributed by atoms with Crippen molar-refractivity contribution in [2.75, 3.05) is 0 Å². The van der Waals surface area contributed by atoms with E-state index in [1.165, 1.54) is 6.07 Å². The van der Waals surface area contributed by atoms with E-state index in [-0.39, 0.29) is 5.82 Å². The van der Waals surface area contributed by atoms with E-state index in [9.17, 15) is 4.39 Å². The largest absolute Gasteiger partial charge is 0.206 e. The van der Waals surface area contributed by atoms with Crippen LogP contribution >= 0.6 is 15.9 Å². The van der Waals surface area contributed by atoms with Crippen LogP contribution in [0.3, 0.4) is 0 Å². The van der Waals surface area contributed by atoms with Gasteiger partial charge < -0.3 is 0 Å². The van der Waals surface area contributed by atoms with E-state index in [4.69, 9.17) is 5.26 Å². The third kappa shape index (κ3) is 1.64. The molecule has 62 valence electrons. The van der Waals surface area contributed by atoms with Crippen molar-refractivity contribution in [3.05, 3.63) is 33.5 Å². The van der Waals surface area contributed by atoms with E-state index >= 15 is 0 Å². The molecule has 1 aromatic carbocycles. The Morgan fingerprint density at radius 3 is 2.75 bits per heavy atom. The van der Waals surface area contributed by atoms with Gasteiger partial charge in [-0.3, -0.25) is 0 Å². The molecule has 12 heavy (non-hydrogen) atoms. The molecule has 0 bridgehead atoms. The molecule has 0 fully saturated rings. The summed E-state index contributed by atoms with van der Waals surface area (Å²) in [5.74, 6) is -0.385. The SMILES string of the molecule is CCc1cc(Br)c(F)cc1C#N. The van der Waals surface area contributed by atoms with Crippen LogP contribution in [0.1, 0.15) is 18.1 Å². The fourth-order valence-electron chi connectivity index (χ4n) is 0.985. The maximum Gasteiger partial charge on any atom is 0.138 e. The number of aryl methyl sites for hydroxylation is 1. The van der Waals surface area contributed by atoms with Crippen LogP contribution in [0.2, 0.25) is 0 Å². The highest BCUT2D eigenvalue weighted by molar-refractivity contribution is 9.10. The van der Waals surface area contributed by atoms with Crippen LogP contribution in [-0.4, -0.2) is 0 Å². The van der Waals surface area contributed by atoms with Gasteiger partial charge in [0.2, 0.25) is 0 Å². The zero-order valence-corrected chi connectivity index (χ0v) is 8.15. The molecule has 0 atom stereocenters.